The fourth-order valence-corrected chi connectivity index (χ4v) is 4.17. The molecule has 0 unspecified atom stereocenters. The van der Waals surface area contributed by atoms with E-state index in [9.17, 15) is 19.2 Å². The summed E-state index contributed by atoms with van der Waals surface area (Å²) in [5, 5.41) is 4.95. The van der Waals surface area contributed by atoms with Crippen molar-refractivity contribution in [1.82, 2.24) is 5.32 Å². The van der Waals surface area contributed by atoms with Crippen LogP contribution in [0.4, 0.5) is 16.2 Å². The number of ether oxygens (including phenoxy) is 2. The van der Waals surface area contributed by atoms with Crippen molar-refractivity contribution in [3.05, 3.63) is 87.4 Å². The zero-order valence-electron chi connectivity index (χ0n) is 20.8. The minimum absolute atomic E-state index is 0.192. The second-order valence-electron chi connectivity index (χ2n) is 8.48. The number of imide groups is 2. The lowest BCUT2D eigenvalue weighted by atomic mass is 10.1. The van der Waals surface area contributed by atoms with Crippen molar-refractivity contribution in [2.24, 2.45) is 0 Å². The number of benzene rings is 3. The number of hydrogen-bond acceptors (Lipinski definition) is 6. The van der Waals surface area contributed by atoms with Crippen LogP contribution in [0.25, 0.3) is 6.08 Å². The standard InChI is InChI=1S/C28H24BrN3O6/c1-16-4-8-20(12-17(16)2)32-27(35)22(26(34)31-28(32)36)13-18-5-11-24(23(29)14-18)38-15-25(33)30-19-6-9-21(37-3)10-7-19/h4-14H,15H2,1-3H3,(H,30,33)(H,31,34,36)/b22-13-. The molecule has 4 rings (SSSR count). The first-order valence-electron chi connectivity index (χ1n) is 11.5. The third-order valence-electron chi connectivity index (χ3n) is 5.85. The lowest BCUT2D eigenvalue weighted by molar-refractivity contribution is -0.122. The van der Waals surface area contributed by atoms with Crippen LogP contribution in [0.15, 0.2) is 70.7 Å². The summed E-state index contributed by atoms with van der Waals surface area (Å²) in [4.78, 5) is 51.3. The van der Waals surface area contributed by atoms with Gasteiger partial charge in [0.25, 0.3) is 17.7 Å². The highest BCUT2D eigenvalue weighted by Crippen LogP contribution is 2.29. The summed E-state index contributed by atoms with van der Waals surface area (Å²) in [6, 6.07) is 16.1. The fraction of sp³-hybridized carbons (Fsp3) is 0.143. The minimum Gasteiger partial charge on any atom is -0.497 e. The quantitative estimate of drug-likeness (QED) is 0.309. The maximum Gasteiger partial charge on any atom is 0.335 e. The van der Waals surface area contributed by atoms with Crippen LogP contribution in [0, 0.1) is 13.8 Å². The van der Waals surface area contributed by atoms with Gasteiger partial charge in [-0.2, -0.15) is 0 Å². The molecule has 1 saturated heterocycles. The summed E-state index contributed by atoms with van der Waals surface area (Å²) in [6.45, 7) is 3.56. The highest BCUT2D eigenvalue weighted by molar-refractivity contribution is 9.10. The van der Waals surface area contributed by atoms with Crippen LogP contribution in [0.2, 0.25) is 0 Å². The molecule has 1 fully saturated rings. The number of carbonyl (C=O) groups is 4. The molecule has 2 N–H and O–H groups in total. The average Bonchev–Trinajstić information content (AvgIpc) is 2.88. The third kappa shape index (κ3) is 5.92. The molecule has 0 saturated carbocycles. The molecule has 0 radical (unpaired) electrons. The highest BCUT2D eigenvalue weighted by Gasteiger charge is 2.36. The van der Waals surface area contributed by atoms with Crippen LogP contribution >= 0.6 is 15.9 Å². The topological polar surface area (TPSA) is 114 Å². The lowest BCUT2D eigenvalue weighted by Crippen LogP contribution is -2.54. The van der Waals surface area contributed by atoms with Gasteiger partial charge in [0.15, 0.2) is 6.61 Å². The Hall–Kier alpha value is -4.44. The Morgan fingerprint density at radius 2 is 1.74 bits per heavy atom. The first kappa shape index (κ1) is 26.6. The first-order chi connectivity index (χ1) is 18.2. The van der Waals surface area contributed by atoms with E-state index in [0.29, 0.717) is 32.9 Å². The average molecular weight is 578 g/mol. The molecule has 9 nitrogen and oxygen atoms in total. The van der Waals surface area contributed by atoms with Crippen molar-refractivity contribution in [3.63, 3.8) is 0 Å². The Morgan fingerprint density at radius 3 is 2.39 bits per heavy atom. The molecular weight excluding hydrogens is 554 g/mol. The number of methoxy groups -OCH3 is 1. The Balaban J connectivity index is 1.46. The number of aryl methyl sites for hydroxylation is 2. The Labute approximate surface area is 227 Å². The molecule has 38 heavy (non-hydrogen) atoms. The van der Waals surface area contributed by atoms with Gasteiger partial charge in [-0.1, -0.05) is 12.1 Å². The van der Waals surface area contributed by atoms with Crippen LogP contribution in [-0.2, 0) is 14.4 Å². The van der Waals surface area contributed by atoms with Gasteiger partial charge >= 0.3 is 6.03 Å². The monoisotopic (exact) mass is 577 g/mol. The van der Waals surface area contributed by atoms with Crippen molar-refractivity contribution in [2.45, 2.75) is 13.8 Å². The van der Waals surface area contributed by atoms with Crippen LogP contribution in [0.3, 0.4) is 0 Å². The molecule has 0 bridgehead atoms. The van der Waals surface area contributed by atoms with Crippen molar-refractivity contribution in [3.8, 4) is 11.5 Å². The normalized spacial score (nSPS) is 14.4. The third-order valence-corrected chi connectivity index (χ3v) is 6.47. The van der Waals surface area contributed by atoms with Crippen LogP contribution in [-0.4, -0.2) is 37.5 Å². The summed E-state index contributed by atoms with van der Waals surface area (Å²) in [7, 11) is 1.56. The van der Waals surface area contributed by atoms with E-state index in [-0.39, 0.29) is 18.1 Å². The summed E-state index contributed by atoms with van der Waals surface area (Å²) < 4.78 is 11.2. The molecule has 194 valence electrons. The SMILES string of the molecule is COc1ccc(NC(=O)COc2ccc(/C=C3/C(=O)NC(=O)N(c4ccc(C)c(C)c4)C3=O)cc2Br)cc1. The predicted molar refractivity (Wildman–Crippen MR) is 146 cm³/mol. The molecule has 1 aliphatic heterocycles. The van der Waals surface area contributed by atoms with E-state index in [1.807, 2.05) is 13.8 Å². The van der Waals surface area contributed by atoms with Crippen molar-refractivity contribution in [2.75, 3.05) is 23.9 Å². The van der Waals surface area contributed by atoms with Gasteiger partial charge in [0.1, 0.15) is 17.1 Å². The van der Waals surface area contributed by atoms with E-state index in [0.717, 1.165) is 16.0 Å². The number of anilines is 2. The Morgan fingerprint density at radius 1 is 1.00 bits per heavy atom. The molecule has 0 spiro atoms. The van der Waals surface area contributed by atoms with Gasteiger partial charge in [0.2, 0.25) is 0 Å². The number of nitrogens with zero attached hydrogens (tertiary/aromatic N) is 1. The summed E-state index contributed by atoms with van der Waals surface area (Å²) in [6.07, 6.45) is 1.39. The van der Waals surface area contributed by atoms with Crippen molar-refractivity contribution < 1.29 is 28.7 Å². The molecule has 5 amide bonds. The Bertz CT molecular complexity index is 1470. The van der Waals surface area contributed by atoms with E-state index in [1.165, 1.54) is 6.08 Å². The summed E-state index contributed by atoms with van der Waals surface area (Å²) in [5.41, 5.74) is 3.21. The molecule has 0 atom stereocenters. The maximum atomic E-state index is 13.2. The van der Waals surface area contributed by atoms with E-state index >= 15 is 0 Å². The molecule has 10 heteroatoms. The molecule has 3 aromatic carbocycles. The summed E-state index contributed by atoms with van der Waals surface area (Å²) in [5.74, 6) is -0.798. The number of urea groups is 1. The molecule has 0 aromatic heterocycles. The molecular formula is C28H24BrN3O6. The molecule has 0 aliphatic carbocycles. The van der Waals surface area contributed by atoms with Crippen LogP contribution in [0.1, 0.15) is 16.7 Å². The van der Waals surface area contributed by atoms with Gasteiger partial charge in [-0.15, -0.1) is 0 Å². The van der Waals surface area contributed by atoms with Gasteiger partial charge in [-0.3, -0.25) is 19.7 Å². The van der Waals surface area contributed by atoms with E-state index in [4.69, 9.17) is 9.47 Å². The van der Waals surface area contributed by atoms with Gasteiger partial charge in [0.05, 0.1) is 17.3 Å². The first-order valence-corrected chi connectivity index (χ1v) is 12.3. The predicted octanol–water partition coefficient (Wildman–Crippen LogP) is 4.76. The van der Waals surface area contributed by atoms with Gasteiger partial charge < -0.3 is 14.8 Å². The van der Waals surface area contributed by atoms with E-state index in [2.05, 4.69) is 26.6 Å². The van der Waals surface area contributed by atoms with Gasteiger partial charge in [-0.25, -0.2) is 9.69 Å². The smallest absolute Gasteiger partial charge is 0.335 e. The summed E-state index contributed by atoms with van der Waals surface area (Å²) >= 11 is 3.40. The number of nitrogens with one attached hydrogen (secondary N) is 2. The molecule has 1 aliphatic rings. The van der Waals surface area contributed by atoms with Gasteiger partial charge in [0, 0.05) is 5.69 Å². The number of rotatable bonds is 7. The van der Waals surface area contributed by atoms with Crippen LogP contribution < -0.4 is 25.0 Å². The van der Waals surface area contributed by atoms with Crippen LogP contribution in [0.5, 0.6) is 11.5 Å². The maximum absolute atomic E-state index is 13.2. The second kappa shape index (κ2) is 11.3. The second-order valence-corrected chi connectivity index (χ2v) is 9.34. The zero-order valence-corrected chi connectivity index (χ0v) is 22.4. The number of barbiturate groups is 1. The van der Waals surface area contributed by atoms with E-state index in [1.54, 1.807) is 67.8 Å². The number of amides is 5. The van der Waals surface area contributed by atoms with Crippen molar-refractivity contribution in [1.29, 1.82) is 0 Å². The number of halogens is 1. The number of hydrogen-bond donors (Lipinski definition) is 2. The number of carbonyl (C=O) groups excluding carboxylic acids is 4. The van der Waals surface area contributed by atoms with Crippen molar-refractivity contribution >= 4 is 57.1 Å². The highest BCUT2D eigenvalue weighted by atomic mass is 79.9. The zero-order chi connectivity index (χ0) is 27.4. The lowest BCUT2D eigenvalue weighted by Gasteiger charge is -2.26. The largest absolute Gasteiger partial charge is 0.497 e. The Kier molecular flexibility index (Phi) is 7.92. The van der Waals surface area contributed by atoms with Gasteiger partial charge in [-0.05, 0) is 101 Å². The minimum atomic E-state index is -0.807. The molecule has 1 heterocycles. The fourth-order valence-electron chi connectivity index (χ4n) is 3.66. The molecule has 3 aromatic rings. The van der Waals surface area contributed by atoms with E-state index < -0.39 is 17.8 Å².